The van der Waals surface area contributed by atoms with Crippen molar-refractivity contribution in [3.8, 4) is 28.7 Å². The Labute approximate surface area is 191 Å². The predicted molar refractivity (Wildman–Crippen MR) is 111 cm³/mol. The van der Waals surface area contributed by atoms with E-state index >= 15 is 0 Å². The molecule has 0 saturated heterocycles. The van der Waals surface area contributed by atoms with Crippen LogP contribution >= 0.6 is 0 Å². The summed E-state index contributed by atoms with van der Waals surface area (Å²) in [5.74, 6) is -1.90. The molecule has 1 heterocycles. The van der Waals surface area contributed by atoms with Crippen LogP contribution < -0.4 is 34.3 Å². The molecule has 2 N–H and O–H groups in total. The molecule has 0 unspecified atom stereocenters. The summed E-state index contributed by atoms with van der Waals surface area (Å²) in [7, 11) is 4.19. The van der Waals surface area contributed by atoms with Crippen LogP contribution in [-0.4, -0.2) is 58.6 Å². The fourth-order valence-electron chi connectivity index (χ4n) is 2.89. The number of halogens is 2. The summed E-state index contributed by atoms with van der Waals surface area (Å²) in [5, 5.41) is 4.71. The molecule has 2 aromatic rings. The molecule has 0 aliphatic carbocycles. The average molecular weight is 482 g/mol. The molecule has 13 heteroatoms. The molecule has 0 fully saturated rings. The van der Waals surface area contributed by atoms with E-state index in [1.54, 1.807) is 0 Å². The summed E-state index contributed by atoms with van der Waals surface area (Å²) in [5.41, 5.74) is 0.255. The number of methoxy groups -OCH3 is 3. The molecule has 0 aromatic heterocycles. The summed E-state index contributed by atoms with van der Waals surface area (Å²) in [6.07, 6.45) is -3.78. The highest BCUT2D eigenvalue weighted by molar-refractivity contribution is 5.97. The SMILES string of the molecule is COc1cc(C(=O)NCC(=O)OCC(=O)Nc2ccc3c(c2)OC(F)(F)O3)cc(OC)c1OC. The fraction of sp³-hybridized carbons (Fsp3) is 0.286. The van der Waals surface area contributed by atoms with Crippen molar-refractivity contribution < 1.29 is 51.6 Å². The molecule has 0 spiro atoms. The maximum Gasteiger partial charge on any atom is 0.586 e. The monoisotopic (exact) mass is 482 g/mol. The number of esters is 1. The summed E-state index contributed by atoms with van der Waals surface area (Å²) < 4.78 is 55.0. The smallest absolute Gasteiger partial charge is 0.493 e. The van der Waals surface area contributed by atoms with Crippen LogP contribution in [0.5, 0.6) is 28.7 Å². The van der Waals surface area contributed by atoms with Crippen LogP contribution in [0.1, 0.15) is 10.4 Å². The molecule has 2 amide bonds. The number of anilines is 1. The summed E-state index contributed by atoms with van der Waals surface area (Å²) in [6, 6.07) is 6.43. The molecule has 0 saturated carbocycles. The number of carbonyl (C=O) groups excluding carboxylic acids is 3. The van der Waals surface area contributed by atoms with Crippen molar-refractivity contribution in [3.05, 3.63) is 35.9 Å². The number of nitrogens with one attached hydrogen (secondary N) is 2. The Morgan fingerprint density at radius 1 is 0.941 bits per heavy atom. The maximum absolute atomic E-state index is 13.1. The molecular weight excluding hydrogens is 462 g/mol. The largest absolute Gasteiger partial charge is 0.586 e. The third kappa shape index (κ3) is 5.74. The van der Waals surface area contributed by atoms with Gasteiger partial charge in [0, 0.05) is 17.3 Å². The summed E-state index contributed by atoms with van der Waals surface area (Å²) in [6.45, 7) is -1.20. The first kappa shape index (κ1) is 24.4. The van der Waals surface area contributed by atoms with Gasteiger partial charge in [-0.2, -0.15) is 0 Å². The van der Waals surface area contributed by atoms with E-state index in [9.17, 15) is 23.2 Å². The molecule has 0 atom stereocenters. The van der Waals surface area contributed by atoms with E-state index < -0.39 is 37.2 Å². The molecule has 11 nitrogen and oxygen atoms in total. The quantitative estimate of drug-likeness (QED) is 0.515. The van der Waals surface area contributed by atoms with E-state index in [0.29, 0.717) is 5.75 Å². The lowest BCUT2D eigenvalue weighted by Gasteiger charge is -2.14. The van der Waals surface area contributed by atoms with E-state index in [1.165, 1.54) is 45.6 Å². The van der Waals surface area contributed by atoms with Crippen LogP contribution in [0, 0.1) is 0 Å². The normalized spacial score (nSPS) is 13.0. The third-order valence-corrected chi connectivity index (χ3v) is 4.37. The van der Waals surface area contributed by atoms with Gasteiger partial charge in [0.15, 0.2) is 29.6 Å². The number of alkyl halides is 2. The number of hydrogen-bond donors (Lipinski definition) is 2. The number of carbonyl (C=O) groups is 3. The first-order chi connectivity index (χ1) is 16.2. The standard InChI is InChI=1S/C21H20F2N2O9/c1-29-15-6-11(7-16(30-2)19(15)31-3)20(28)24-9-18(27)32-10-17(26)25-12-4-5-13-14(8-12)34-21(22,23)33-13/h4-8H,9-10H2,1-3H3,(H,24,28)(H,25,26). The van der Waals surface area contributed by atoms with Gasteiger partial charge in [-0.1, -0.05) is 0 Å². The Morgan fingerprint density at radius 2 is 1.59 bits per heavy atom. The van der Waals surface area contributed by atoms with Gasteiger partial charge in [0.2, 0.25) is 5.75 Å². The van der Waals surface area contributed by atoms with Crippen LogP contribution in [-0.2, 0) is 14.3 Å². The highest BCUT2D eigenvalue weighted by atomic mass is 19.3. The zero-order valence-electron chi connectivity index (χ0n) is 18.2. The Morgan fingerprint density at radius 3 is 2.21 bits per heavy atom. The van der Waals surface area contributed by atoms with Gasteiger partial charge >= 0.3 is 12.3 Å². The minimum Gasteiger partial charge on any atom is -0.493 e. The minimum atomic E-state index is -3.78. The molecule has 1 aliphatic heterocycles. The van der Waals surface area contributed by atoms with Gasteiger partial charge in [-0.15, -0.1) is 8.78 Å². The second-order valence-electron chi connectivity index (χ2n) is 6.63. The Hall–Kier alpha value is -4.29. The van der Waals surface area contributed by atoms with Gasteiger partial charge in [-0.05, 0) is 24.3 Å². The van der Waals surface area contributed by atoms with Crippen molar-refractivity contribution >= 4 is 23.5 Å². The van der Waals surface area contributed by atoms with Crippen molar-refractivity contribution in [2.24, 2.45) is 0 Å². The number of amides is 2. The fourth-order valence-corrected chi connectivity index (χ4v) is 2.89. The lowest BCUT2D eigenvalue weighted by atomic mass is 10.1. The zero-order valence-corrected chi connectivity index (χ0v) is 18.2. The molecule has 0 radical (unpaired) electrons. The van der Waals surface area contributed by atoms with Crippen molar-refractivity contribution in [2.75, 3.05) is 39.8 Å². The van der Waals surface area contributed by atoms with E-state index in [1.807, 2.05) is 0 Å². The van der Waals surface area contributed by atoms with Gasteiger partial charge in [-0.25, -0.2) is 0 Å². The number of benzene rings is 2. The lowest BCUT2D eigenvalue weighted by Crippen LogP contribution is -2.32. The zero-order chi connectivity index (χ0) is 24.9. The van der Waals surface area contributed by atoms with Crippen LogP contribution in [0.15, 0.2) is 30.3 Å². The second kappa shape index (κ2) is 10.1. The predicted octanol–water partition coefficient (Wildman–Crippen LogP) is 1.95. The highest BCUT2D eigenvalue weighted by Crippen LogP contribution is 2.42. The van der Waals surface area contributed by atoms with Crippen LogP contribution in [0.3, 0.4) is 0 Å². The van der Waals surface area contributed by atoms with Crippen LogP contribution in [0.2, 0.25) is 0 Å². The number of hydrogen-bond acceptors (Lipinski definition) is 9. The van der Waals surface area contributed by atoms with Crippen molar-refractivity contribution in [1.82, 2.24) is 5.32 Å². The molecule has 0 bridgehead atoms. The minimum absolute atomic E-state index is 0.122. The topological polar surface area (TPSA) is 131 Å². The van der Waals surface area contributed by atoms with Crippen molar-refractivity contribution in [3.63, 3.8) is 0 Å². The van der Waals surface area contributed by atoms with Gasteiger partial charge in [0.1, 0.15) is 6.54 Å². The number of fused-ring (bicyclic) bond motifs is 1. The molecule has 3 rings (SSSR count). The van der Waals surface area contributed by atoms with Gasteiger partial charge in [0.25, 0.3) is 11.8 Å². The van der Waals surface area contributed by atoms with Gasteiger partial charge < -0.3 is 39.1 Å². The van der Waals surface area contributed by atoms with E-state index in [-0.39, 0.29) is 34.2 Å². The Balaban J connectivity index is 1.48. The third-order valence-electron chi connectivity index (χ3n) is 4.37. The summed E-state index contributed by atoms with van der Waals surface area (Å²) >= 11 is 0. The van der Waals surface area contributed by atoms with Crippen molar-refractivity contribution in [2.45, 2.75) is 6.29 Å². The molecule has 2 aromatic carbocycles. The molecule has 1 aliphatic rings. The second-order valence-corrected chi connectivity index (χ2v) is 6.63. The maximum atomic E-state index is 13.1. The van der Waals surface area contributed by atoms with Crippen LogP contribution in [0.4, 0.5) is 14.5 Å². The Bertz CT molecular complexity index is 1080. The van der Waals surface area contributed by atoms with Gasteiger partial charge in [0.05, 0.1) is 21.3 Å². The highest BCUT2D eigenvalue weighted by Gasteiger charge is 2.43. The Kier molecular flexibility index (Phi) is 7.24. The van der Waals surface area contributed by atoms with E-state index in [4.69, 9.17) is 18.9 Å². The number of rotatable bonds is 9. The van der Waals surface area contributed by atoms with E-state index in [2.05, 4.69) is 20.1 Å². The van der Waals surface area contributed by atoms with Crippen LogP contribution in [0.25, 0.3) is 0 Å². The molecule has 34 heavy (non-hydrogen) atoms. The lowest BCUT2D eigenvalue weighted by molar-refractivity contribution is -0.286. The first-order valence-electron chi connectivity index (χ1n) is 9.59. The number of ether oxygens (including phenoxy) is 6. The summed E-state index contributed by atoms with van der Waals surface area (Å²) in [4.78, 5) is 36.2. The van der Waals surface area contributed by atoms with Crippen molar-refractivity contribution in [1.29, 1.82) is 0 Å². The average Bonchev–Trinajstić information content (AvgIpc) is 3.12. The first-order valence-corrected chi connectivity index (χ1v) is 9.59. The molecular formula is C21H20F2N2O9. The van der Waals surface area contributed by atoms with E-state index in [0.717, 1.165) is 6.07 Å². The molecule has 182 valence electrons. The van der Waals surface area contributed by atoms with Gasteiger partial charge in [-0.3, -0.25) is 14.4 Å².